The van der Waals surface area contributed by atoms with Crippen molar-refractivity contribution in [3.05, 3.63) is 52.2 Å². The number of hydrogen-bond acceptors (Lipinski definition) is 3. The van der Waals surface area contributed by atoms with Crippen LogP contribution in [0, 0.1) is 0 Å². The number of rotatable bonds is 5. The van der Waals surface area contributed by atoms with Gasteiger partial charge < -0.3 is 10.4 Å². The summed E-state index contributed by atoms with van der Waals surface area (Å²) in [6.45, 7) is 4.35. The first-order valence-electron chi connectivity index (χ1n) is 6.21. The predicted octanol–water partition coefficient (Wildman–Crippen LogP) is 3.74. The van der Waals surface area contributed by atoms with E-state index in [1.807, 2.05) is 12.1 Å². The molecule has 1 heterocycles. The van der Waals surface area contributed by atoms with E-state index in [2.05, 4.69) is 36.0 Å². The molecule has 2 N–H and O–H groups in total. The van der Waals surface area contributed by atoms with Crippen molar-refractivity contribution in [3.63, 3.8) is 0 Å². The van der Waals surface area contributed by atoms with E-state index in [1.54, 1.807) is 23.5 Å². The van der Waals surface area contributed by atoms with Gasteiger partial charge in [-0.05, 0) is 60.4 Å². The summed E-state index contributed by atoms with van der Waals surface area (Å²) in [7, 11) is 0. The predicted molar refractivity (Wildman–Crippen MR) is 77.1 cm³/mol. The van der Waals surface area contributed by atoms with Crippen LogP contribution in [0.15, 0.2) is 41.1 Å². The van der Waals surface area contributed by atoms with E-state index < -0.39 is 0 Å². The molecule has 3 heteroatoms. The van der Waals surface area contributed by atoms with E-state index >= 15 is 0 Å². The lowest BCUT2D eigenvalue weighted by Gasteiger charge is -2.20. The van der Waals surface area contributed by atoms with Gasteiger partial charge in [-0.2, -0.15) is 11.3 Å². The normalized spacial score (nSPS) is 14.3. The lowest BCUT2D eigenvalue weighted by atomic mass is 10.1. The number of phenols is 1. The Kier molecular flexibility index (Phi) is 4.39. The second-order valence-corrected chi connectivity index (χ2v) is 5.50. The molecule has 18 heavy (non-hydrogen) atoms. The summed E-state index contributed by atoms with van der Waals surface area (Å²) in [6.07, 6.45) is 1.05. The summed E-state index contributed by atoms with van der Waals surface area (Å²) in [6, 6.07) is 10.3. The first-order chi connectivity index (χ1) is 8.65. The quantitative estimate of drug-likeness (QED) is 0.859. The molecule has 0 aliphatic rings. The molecule has 0 saturated heterocycles. The summed E-state index contributed by atoms with van der Waals surface area (Å²) >= 11 is 1.74. The topological polar surface area (TPSA) is 32.3 Å². The monoisotopic (exact) mass is 261 g/mol. The second-order valence-electron chi connectivity index (χ2n) is 4.72. The van der Waals surface area contributed by atoms with Crippen molar-refractivity contribution in [3.8, 4) is 5.75 Å². The van der Waals surface area contributed by atoms with Crippen LogP contribution >= 0.6 is 11.3 Å². The zero-order valence-corrected chi connectivity index (χ0v) is 11.6. The lowest BCUT2D eigenvalue weighted by Crippen LogP contribution is -2.30. The van der Waals surface area contributed by atoms with Gasteiger partial charge in [-0.3, -0.25) is 0 Å². The van der Waals surface area contributed by atoms with Crippen LogP contribution in [0.25, 0.3) is 0 Å². The molecule has 0 fully saturated rings. The zero-order chi connectivity index (χ0) is 13.0. The van der Waals surface area contributed by atoms with Gasteiger partial charge >= 0.3 is 0 Å². The molecule has 1 aromatic heterocycles. The molecule has 2 unspecified atom stereocenters. The maximum Gasteiger partial charge on any atom is 0.115 e. The lowest BCUT2D eigenvalue weighted by molar-refractivity contribution is 0.468. The summed E-state index contributed by atoms with van der Waals surface area (Å²) < 4.78 is 0. The number of benzene rings is 1. The minimum atomic E-state index is 0.291. The first kappa shape index (κ1) is 13.1. The van der Waals surface area contributed by atoms with Gasteiger partial charge in [0.1, 0.15) is 5.75 Å². The van der Waals surface area contributed by atoms with Crippen molar-refractivity contribution in [2.75, 3.05) is 0 Å². The molecular formula is C15H19NOS. The van der Waals surface area contributed by atoms with E-state index in [-0.39, 0.29) is 0 Å². The molecule has 2 atom stereocenters. The van der Waals surface area contributed by atoms with Gasteiger partial charge in [0.15, 0.2) is 0 Å². The SMILES string of the molecule is CC(Cc1ccsc1)NC(C)c1ccc(O)cc1. The van der Waals surface area contributed by atoms with E-state index in [4.69, 9.17) is 0 Å². The highest BCUT2D eigenvalue weighted by molar-refractivity contribution is 7.07. The minimum absolute atomic E-state index is 0.291. The summed E-state index contributed by atoms with van der Waals surface area (Å²) in [4.78, 5) is 0. The third-order valence-corrected chi connectivity index (χ3v) is 3.78. The average molecular weight is 261 g/mol. The smallest absolute Gasteiger partial charge is 0.115 e. The fourth-order valence-electron chi connectivity index (χ4n) is 2.11. The van der Waals surface area contributed by atoms with Crippen LogP contribution in [-0.4, -0.2) is 11.1 Å². The Morgan fingerprint density at radius 1 is 1.17 bits per heavy atom. The number of phenolic OH excluding ortho intramolecular Hbond substituents is 1. The van der Waals surface area contributed by atoms with E-state index in [1.165, 1.54) is 11.1 Å². The van der Waals surface area contributed by atoms with Crippen molar-refractivity contribution in [1.29, 1.82) is 0 Å². The van der Waals surface area contributed by atoms with Gasteiger partial charge in [0.2, 0.25) is 0 Å². The van der Waals surface area contributed by atoms with Gasteiger partial charge in [-0.1, -0.05) is 12.1 Å². The molecule has 0 radical (unpaired) electrons. The highest BCUT2D eigenvalue weighted by Gasteiger charge is 2.10. The molecule has 0 amide bonds. The third-order valence-electron chi connectivity index (χ3n) is 3.05. The second kappa shape index (κ2) is 6.03. The Morgan fingerprint density at radius 2 is 1.89 bits per heavy atom. The number of aromatic hydroxyl groups is 1. The first-order valence-corrected chi connectivity index (χ1v) is 7.15. The van der Waals surface area contributed by atoms with Crippen LogP contribution in [-0.2, 0) is 6.42 Å². The maximum absolute atomic E-state index is 9.27. The van der Waals surface area contributed by atoms with Crippen LogP contribution in [0.1, 0.15) is 31.0 Å². The van der Waals surface area contributed by atoms with Crippen molar-refractivity contribution in [2.45, 2.75) is 32.4 Å². The molecule has 0 aliphatic carbocycles. The van der Waals surface area contributed by atoms with Crippen molar-refractivity contribution in [1.82, 2.24) is 5.32 Å². The molecule has 0 aliphatic heterocycles. The van der Waals surface area contributed by atoms with Gasteiger partial charge in [-0.25, -0.2) is 0 Å². The zero-order valence-electron chi connectivity index (χ0n) is 10.8. The van der Waals surface area contributed by atoms with Gasteiger partial charge in [0.25, 0.3) is 0 Å². The fourth-order valence-corrected chi connectivity index (χ4v) is 2.79. The van der Waals surface area contributed by atoms with Gasteiger partial charge in [0, 0.05) is 12.1 Å². The maximum atomic E-state index is 9.27. The Morgan fingerprint density at radius 3 is 2.50 bits per heavy atom. The van der Waals surface area contributed by atoms with Crippen LogP contribution in [0.3, 0.4) is 0 Å². The minimum Gasteiger partial charge on any atom is -0.508 e. The third kappa shape index (κ3) is 3.59. The average Bonchev–Trinajstić information content (AvgIpc) is 2.82. The number of nitrogens with one attached hydrogen (secondary N) is 1. The van der Waals surface area contributed by atoms with Crippen molar-refractivity contribution >= 4 is 11.3 Å². The molecular weight excluding hydrogens is 242 g/mol. The van der Waals surface area contributed by atoms with Crippen molar-refractivity contribution in [2.24, 2.45) is 0 Å². The van der Waals surface area contributed by atoms with Crippen LogP contribution < -0.4 is 5.32 Å². The Balaban J connectivity index is 1.90. The largest absolute Gasteiger partial charge is 0.508 e. The Bertz CT molecular complexity index is 464. The van der Waals surface area contributed by atoms with Crippen LogP contribution in [0.4, 0.5) is 0 Å². The molecule has 0 bridgehead atoms. The summed E-state index contributed by atoms with van der Waals surface area (Å²) in [5, 5.41) is 17.2. The molecule has 96 valence electrons. The Labute approximate surface area is 112 Å². The van der Waals surface area contributed by atoms with Crippen molar-refractivity contribution < 1.29 is 5.11 Å². The molecule has 0 spiro atoms. The van der Waals surface area contributed by atoms with E-state index in [9.17, 15) is 5.11 Å². The van der Waals surface area contributed by atoms with Crippen LogP contribution in [0.5, 0.6) is 5.75 Å². The summed E-state index contributed by atoms with van der Waals surface area (Å²) in [5.74, 6) is 0.317. The van der Waals surface area contributed by atoms with E-state index in [0.29, 0.717) is 17.8 Å². The number of hydrogen-bond donors (Lipinski definition) is 2. The van der Waals surface area contributed by atoms with Crippen LogP contribution in [0.2, 0.25) is 0 Å². The standard InChI is InChI=1S/C15H19NOS/c1-11(9-13-7-8-18-10-13)16-12(2)14-3-5-15(17)6-4-14/h3-8,10-12,16-17H,9H2,1-2H3. The summed E-state index contributed by atoms with van der Waals surface area (Å²) in [5.41, 5.74) is 2.59. The molecule has 2 aromatic rings. The highest BCUT2D eigenvalue weighted by atomic mass is 32.1. The molecule has 1 aromatic carbocycles. The van der Waals surface area contributed by atoms with Gasteiger partial charge in [-0.15, -0.1) is 0 Å². The molecule has 2 rings (SSSR count). The molecule has 0 saturated carbocycles. The highest BCUT2D eigenvalue weighted by Crippen LogP contribution is 2.17. The Hall–Kier alpha value is -1.32. The fraction of sp³-hybridized carbons (Fsp3) is 0.333. The number of thiophene rings is 1. The molecule has 2 nitrogen and oxygen atoms in total. The van der Waals surface area contributed by atoms with E-state index in [0.717, 1.165) is 6.42 Å². The van der Waals surface area contributed by atoms with Gasteiger partial charge in [0.05, 0.1) is 0 Å².